The van der Waals surface area contributed by atoms with Crippen LogP contribution in [0.3, 0.4) is 0 Å². The van der Waals surface area contributed by atoms with Gasteiger partial charge in [0.05, 0.1) is 4.83 Å². The topological polar surface area (TPSA) is 21.8 Å². The molecular weight excluding hydrogens is 264 g/mol. The van der Waals surface area contributed by atoms with E-state index in [0.29, 0.717) is 4.83 Å². The molecule has 4 heteroatoms. The van der Waals surface area contributed by atoms with Crippen LogP contribution in [0.15, 0.2) is 0 Å². The van der Waals surface area contributed by atoms with Crippen LogP contribution >= 0.6 is 31.9 Å². The van der Waals surface area contributed by atoms with Crippen LogP contribution in [-0.2, 0) is 9.47 Å². The molecule has 0 aliphatic carbocycles. The smallest absolute Gasteiger partial charge is 0.185 e. The predicted molar refractivity (Wildman–Crippen MR) is 46.8 cm³/mol. The molecule has 0 amide bonds. The molecule has 1 rings (SSSR count). The van der Waals surface area contributed by atoms with E-state index in [1.807, 2.05) is 6.92 Å². The van der Waals surface area contributed by atoms with Gasteiger partial charge in [0.1, 0.15) is 6.10 Å². The number of halogens is 2. The van der Waals surface area contributed by atoms with Gasteiger partial charge in [-0.05, 0) is 6.92 Å². The molecule has 0 radical (unpaired) electrons. The summed E-state index contributed by atoms with van der Waals surface area (Å²) in [4.78, 5) is 0.379. The number of epoxide rings is 1. The summed E-state index contributed by atoms with van der Waals surface area (Å²) in [7, 11) is 0. The molecule has 1 fully saturated rings. The van der Waals surface area contributed by atoms with Crippen LogP contribution < -0.4 is 0 Å². The molecule has 2 nitrogen and oxygen atoms in total. The average molecular weight is 274 g/mol. The number of hydrogen-bond acceptors (Lipinski definition) is 2. The van der Waals surface area contributed by atoms with Crippen LogP contribution in [0.5, 0.6) is 0 Å². The molecule has 1 aliphatic rings. The van der Waals surface area contributed by atoms with Gasteiger partial charge >= 0.3 is 0 Å². The van der Waals surface area contributed by atoms with Crippen molar-refractivity contribution in [2.24, 2.45) is 0 Å². The quantitative estimate of drug-likeness (QED) is 0.577. The van der Waals surface area contributed by atoms with Gasteiger partial charge in [-0.25, -0.2) is 0 Å². The number of rotatable bonds is 4. The van der Waals surface area contributed by atoms with Gasteiger partial charge in [0.15, 0.2) is 6.29 Å². The van der Waals surface area contributed by atoms with Crippen LogP contribution in [-0.4, -0.2) is 29.2 Å². The lowest BCUT2D eigenvalue weighted by molar-refractivity contribution is 0.0593. The SMILES string of the molecule is CCOC1OC1C(Br)CBr. The Labute approximate surface area is 77.5 Å². The fourth-order valence-corrected chi connectivity index (χ4v) is 1.49. The van der Waals surface area contributed by atoms with Crippen molar-refractivity contribution in [1.29, 1.82) is 0 Å². The number of alkyl halides is 2. The molecule has 0 aromatic rings. The second kappa shape index (κ2) is 4.04. The number of hydrogen-bond donors (Lipinski definition) is 0. The summed E-state index contributed by atoms with van der Waals surface area (Å²) in [6.07, 6.45) is 0.284. The van der Waals surface area contributed by atoms with E-state index in [-0.39, 0.29) is 12.4 Å². The van der Waals surface area contributed by atoms with Gasteiger partial charge < -0.3 is 9.47 Å². The van der Waals surface area contributed by atoms with Crippen molar-refractivity contribution in [3.63, 3.8) is 0 Å². The van der Waals surface area contributed by atoms with E-state index in [1.54, 1.807) is 0 Å². The zero-order valence-electron chi connectivity index (χ0n) is 5.72. The lowest BCUT2D eigenvalue weighted by atomic mass is 10.3. The van der Waals surface area contributed by atoms with Crippen molar-refractivity contribution in [2.45, 2.75) is 24.1 Å². The first-order chi connectivity index (χ1) is 4.79. The van der Waals surface area contributed by atoms with Crippen LogP contribution in [0.2, 0.25) is 0 Å². The Bertz CT molecular complexity index is 110. The maximum absolute atomic E-state index is 5.22. The highest BCUT2D eigenvalue weighted by atomic mass is 79.9. The van der Waals surface area contributed by atoms with E-state index < -0.39 is 0 Å². The molecule has 1 aliphatic heterocycles. The van der Waals surface area contributed by atoms with E-state index in [9.17, 15) is 0 Å². The highest BCUT2D eigenvalue weighted by molar-refractivity contribution is 9.12. The fraction of sp³-hybridized carbons (Fsp3) is 1.00. The third kappa shape index (κ3) is 2.19. The molecule has 3 atom stereocenters. The summed E-state index contributed by atoms with van der Waals surface area (Å²) >= 11 is 6.81. The summed E-state index contributed by atoms with van der Waals surface area (Å²) in [5, 5.41) is 0.904. The molecule has 0 spiro atoms. The van der Waals surface area contributed by atoms with Gasteiger partial charge in [0.2, 0.25) is 0 Å². The minimum atomic E-state index is 0.0342. The third-order valence-corrected chi connectivity index (χ3v) is 3.73. The zero-order valence-corrected chi connectivity index (χ0v) is 8.89. The second-order valence-corrected chi connectivity index (χ2v) is 3.92. The lowest BCUT2D eigenvalue weighted by Crippen LogP contribution is -2.12. The molecule has 0 aromatic heterocycles. The zero-order chi connectivity index (χ0) is 7.56. The summed E-state index contributed by atoms with van der Waals surface area (Å²) < 4.78 is 10.4. The Hall–Kier alpha value is 0.880. The van der Waals surface area contributed by atoms with Crippen LogP contribution in [0.4, 0.5) is 0 Å². The molecule has 60 valence electrons. The third-order valence-electron chi connectivity index (χ3n) is 1.32. The Morgan fingerprint density at radius 3 is 2.90 bits per heavy atom. The Kier molecular flexibility index (Phi) is 3.63. The van der Waals surface area contributed by atoms with Crippen molar-refractivity contribution in [2.75, 3.05) is 11.9 Å². The molecule has 0 bridgehead atoms. The molecule has 0 aromatic carbocycles. The van der Waals surface area contributed by atoms with Crippen LogP contribution in [0.25, 0.3) is 0 Å². The fourth-order valence-electron chi connectivity index (χ4n) is 0.751. The van der Waals surface area contributed by atoms with Crippen molar-refractivity contribution >= 4 is 31.9 Å². The minimum absolute atomic E-state index is 0.0342. The Morgan fingerprint density at radius 1 is 1.70 bits per heavy atom. The van der Waals surface area contributed by atoms with Gasteiger partial charge in [0, 0.05) is 11.9 Å². The van der Waals surface area contributed by atoms with Crippen LogP contribution in [0, 0.1) is 0 Å². The van der Waals surface area contributed by atoms with E-state index in [0.717, 1.165) is 11.9 Å². The van der Waals surface area contributed by atoms with Crippen molar-refractivity contribution in [3.05, 3.63) is 0 Å². The van der Waals surface area contributed by atoms with E-state index in [2.05, 4.69) is 31.9 Å². The summed E-state index contributed by atoms with van der Waals surface area (Å²) in [5.41, 5.74) is 0. The molecular formula is C6H10Br2O2. The standard InChI is InChI=1S/C6H10Br2O2/c1-2-9-6-5(10-6)4(8)3-7/h4-6H,2-3H2,1H3. The largest absolute Gasteiger partial charge is 0.350 e. The minimum Gasteiger partial charge on any atom is -0.350 e. The monoisotopic (exact) mass is 272 g/mol. The summed E-state index contributed by atoms with van der Waals surface area (Å²) in [6.45, 7) is 2.69. The maximum Gasteiger partial charge on any atom is 0.185 e. The molecule has 1 heterocycles. The Balaban J connectivity index is 2.12. The van der Waals surface area contributed by atoms with Crippen LogP contribution in [0.1, 0.15) is 6.92 Å². The number of ether oxygens (including phenoxy) is 2. The Morgan fingerprint density at radius 2 is 2.40 bits per heavy atom. The van der Waals surface area contributed by atoms with E-state index in [4.69, 9.17) is 9.47 Å². The maximum atomic E-state index is 5.22. The highest BCUT2D eigenvalue weighted by Crippen LogP contribution is 2.31. The van der Waals surface area contributed by atoms with Gasteiger partial charge in [-0.1, -0.05) is 31.9 Å². The van der Waals surface area contributed by atoms with Crippen molar-refractivity contribution in [1.82, 2.24) is 0 Å². The average Bonchev–Trinajstić information content (AvgIpc) is 2.67. The van der Waals surface area contributed by atoms with Gasteiger partial charge in [-0.15, -0.1) is 0 Å². The predicted octanol–water partition coefficient (Wildman–Crippen LogP) is 1.91. The summed E-state index contributed by atoms with van der Waals surface area (Å²) in [5.74, 6) is 0. The molecule has 1 saturated heterocycles. The van der Waals surface area contributed by atoms with Crippen molar-refractivity contribution in [3.8, 4) is 0 Å². The van der Waals surface area contributed by atoms with Crippen molar-refractivity contribution < 1.29 is 9.47 Å². The first-order valence-corrected chi connectivity index (χ1v) is 5.30. The second-order valence-electron chi connectivity index (χ2n) is 2.09. The highest BCUT2D eigenvalue weighted by Gasteiger charge is 2.44. The first kappa shape index (κ1) is 8.97. The van der Waals surface area contributed by atoms with E-state index >= 15 is 0 Å². The molecule has 0 saturated carbocycles. The molecule has 0 N–H and O–H groups in total. The summed E-state index contributed by atoms with van der Waals surface area (Å²) in [6, 6.07) is 0. The molecule has 3 unspecified atom stereocenters. The first-order valence-electron chi connectivity index (χ1n) is 3.26. The normalized spacial score (nSPS) is 33.9. The van der Waals surface area contributed by atoms with Gasteiger partial charge in [0.25, 0.3) is 0 Å². The van der Waals surface area contributed by atoms with Gasteiger partial charge in [-0.3, -0.25) is 0 Å². The lowest BCUT2D eigenvalue weighted by Gasteiger charge is -1.98. The van der Waals surface area contributed by atoms with Gasteiger partial charge in [-0.2, -0.15) is 0 Å². The van der Waals surface area contributed by atoms with E-state index in [1.165, 1.54) is 0 Å². The molecule has 10 heavy (non-hydrogen) atoms.